The minimum atomic E-state index is -0.887. The van der Waals surface area contributed by atoms with Gasteiger partial charge in [0.05, 0.1) is 17.8 Å². The van der Waals surface area contributed by atoms with Gasteiger partial charge in [0.25, 0.3) is 0 Å². The van der Waals surface area contributed by atoms with E-state index in [4.69, 9.17) is 19.3 Å². The molecule has 5 rings (SSSR count). The first-order chi connectivity index (χ1) is 17.2. The summed E-state index contributed by atoms with van der Waals surface area (Å²) < 4.78 is 19.6. The van der Waals surface area contributed by atoms with Crippen LogP contribution >= 0.6 is 0 Å². The van der Waals surface area contributed by atoms with Crippen LogP contribution in [0.15, 0.2) is 42.5 Å². The van der Waals surface area contributed by atoms with Gasteiger partial charge in [0, 0.05) is 37.7 Å². The number of benzene rings is 2. The van der Waals surface area contributed by atoms with Gasteiger partial charge < -0.3 is 24.2 Å². The maximum Gasteiger partial charge on any atom is 0.335 e. The molecule has 2 saturated heterocycles. The summed E-state index contributed by atoms with van der Waals surface area (Å²) in [5, 5.41) is 9.15. The molecule has 0 spiro atoms. The zero-order chi connectivity index (χ0) is 25.4. The van der Waals surface area contributed by atoms with E-state index in [9.17, 15) is 4.79 Å². The van der Waals surface area contributed by atoms with Crippen LogP contribution in [0, 0.1) is 11.8 Å². The number of carboxylic acid groups (broad SMARTS) is 1. The van der Waals surface area contributed by atoms with E-state index in [1.165, 1.54) is 0 Å². The van der Waals surface area contributed by atoms with Gasteiger partial charge in [-0.3, -0.25) is 4.90 Å². The van der Waals surface area contributed by atoms with Crippen molar-refractivity contribution in [3.05, 3.63) is 59.2 Å². The van der Waals surface area contributed by atoms with Crippen LogP contribution < -0.4 is 9.47 Å². The molecule has 2 aromatic carbocycles. The zero-order valence-electron chi connectivity index (χ0n) is 21.8. The largest absolute Gasteiger partial charge is 0.488 e. The lowest BCUT2D eigenvalue weighted by atomic mass is 9.70. The second-order valence-electron chi connectivity index (χ2n) is 11.3. The molecule has 0 aromatic heterocycles. The number of carboxylic acids is 1. The third-order valence-corrected chi connectivity index (χ3v) is 7.97. The van der Waals surface area contributed by atoms with Gasteiger partial charge in [-0.05, 0) is 70.5 Å². The van der Waals surface area contributed by atoms with Crippen LogP contribution in [0.1, 0.15) is 54.3 Å². The number of carbonyl (C=O) groups is 1. The minimum Gasteiger partial charge on any atom is -0.488 e. The molecule has 3 aliphatic rings. The Hall–Kier alpha value is -2.61. The van der Waals surface area contributed by atoms with E-state index in [0.717, 1.165) is 61.6 Å². The monoisotopic (exact) mass is 494 g/mol. The van der Waals surface area contributed by atoms with E-state index < -0.39 is 5.97 Å². The SMILES string of the molecule is CN(C)CCOc1cccc2c1OC(C)(C)[C@@H]1C[C@@H]3CN(Cc4ccc(C(=O)O)cc4)CC[C@H]3O[C@@H]21. The molecule has 0 saturated carbocycles. The van der Waals surface area contributed by atoms with Crippen molar-refractivity contribution in [3.8, 4) is 11.5 Å². The molecule has 194 valence electrons. The molecule has 0 aliphatic carbocycles. The summed E-state index contributed by atoms with van der Waals surface area (Å²) in [6.45, 7) is 8.59. The molecule has 0 unspecified atom stereocenters. The van der Waals surface area contributed by atoms with Gasteiger partial charge >= 0.3 is 5.97 Å². The molecule has 7 nitrogen and oxygen atoms in total. The fourth-order valence-electron chi connectivity index (χ4n) is 5.97. The van der Waals surface area contributed by atoms with Gasteiger partial charge in [-0.15, -0.1) is 0 Å². The van der Waals surface area contributed by atoms with E-state index in [1.54, 1.807) is 12.1 Å². The molecule has 0 bridgehead atoms. The van der Waals surface area contributed by atoms with E-state index in [-0.39, 0.29) is 23.7 Å². The molecule has 0 amide bonds. The summed E-state index contributed by atoms with van der Waals surface area (Å²) in [6, 6.07) is 13.4. The molecule has 3 aliphatic heterocycles. The number of piperidine rings is 1. The summed E-state index contributed by atoms with van der Waals surface area (Å²) >= 11 is 0. The van der Waals surface area contributed by atoms with Crippen LogP contribution in [-0.4, -0.2) is 72.9 Å². The standard InChI is InChI=1S/C29H38N2O5/c1-29(2)23-16-21-18-31(17-19-8-10-20(11-9-19)28(32)33)13-12-24(21)35-26(23)22-6-5-7-25(27(22)36-29)34-15-14-30(3)4/h5-11,21,23-24,26H,12-18H2,1-4H3,(H,32,33)/t21-,23-,24-,26+/m1/s1. The first kappa shape index (κ1) is 25.1. The quantitative estimate of drug-likeness (QED) is 0.609. The number of para-hydroxylation sites is 1. The number of rotatable bonds is 7. The molecule has 36 heavy (non-hydrogen) atoms. The molecule has 0 radical (unpaired) electrons. The Bertz CT molecular complexity index is 1080. The Morgan fingerprint density at radius 3 is 2.69 bits per heavy atom. The van der Waals surface area contributed by atoms with Crippen LogP contribution in [0.2, 0.25) is 0 Å². The van der Waals surface area contributed by atoms with Crippen LogP contribution in [0.3, 0.4) is 0 Å². The number of fused-ring (bicyclic) bond motifs is 4. The highest BCUT2D eigenvalue weighted by Gasteiger charge is 2.51. The number of ether oxygens (including phenoxy) is 3. The third-order valence-electron chi connectivity index (χ3n) is 7.97. The smallest absolute Gasteiger partial charge is 0.335 e. The average Bonchev–Trinajstić information content (AvgIpc) is 2.83. The first-order valence-corrected chi connectivity index (χ1v) is 13.0. The lowest BCUT2D eigenvalue weighted by molar-refractivity contribution is -0.188. The predicted octanol–water partition coefficient (Wildman–Crippen LogP) is 4.46. The Morgan fingerprint density at radius 1 is 1.19 bits per heavy atom. The summed E-state index contributed by atoms with van der Waals surface area (Å²) in [4.78, 5) is 15.7. The van der Waals surface area contributed by atoms with E-state index in [0.29, 0.717) is 18.1 Å². The van der Waals surface area contributed by atoms with Crippen molar-refractivity contribution in [2.75, 3.05) is 40.3 Å². The van der Waals surface area contributed by atoms with E-state index in [1.807, 2.05) is 32.3 Å². The third kappa shape index (κ3) is 5.10. The molecule has 2 fully saturated rings. The van der Waals surface area contributed by atoms with Crippen LogP contribution in [0.25, 0.3) is 0 Å². The normalized spacial score (nSPS) is 26.9. The minimum absolute atomic E-state index is 0.0116. The lowest BCUT2D eigenvalue weighted by Crippen LogP contribution is -2.55. The van der Waals surface area contributed by atoms with Crippen LogP contribution in [0.4, 0.5) is 0 Å². The van der Waals surface area contributed by atoms with E-state index in [2.05, 4.69) is 35.8 Å². The number of nitrogens with zero attached hydrogens (tertiary/aromatic N) is 2. The molecular weight excluding hydrogens is 456 g/mol. The van der Waals surface area contributed by atoms with Crippen molar-refractivity contribution in [1.82, 2.24) is 9.80 Å². The summed E-state index contributed by atoms with van der Waals surface area (Å²) in [5.41, 5.74) is 2.22. The molecule has 1 N–H and O–H groups in total. The van der Waals surface area contributed by atoms with Gasteiger partial charge in [0.15, 0.2) is 11.5 Å². The van der Waals surface area contributed by atoms with Crippen molar-refractivity contribution in [3.63, 3.8) is 0 Å². The van der Waals surface area contributed by atoms with Gasteiger partial charge in [-0.2, -0.15) is 0 Å². The summed E-state index contributed by atoms with van der Waals surface area (Å²) in [7, 11) is 4.08. The Labute approximate surface area is 213 Å². The fraction of sp³-hybridized carbons (Fsp3) is 0.552. The maximum atomic E-state index is 11.2. The highest BCUT2D eigenvalue weighted by Crippen LogP contribution is 2.55. The Morgan fingerprint density at radius 2 is 1.97 bits per heavy atom. The van der Waals surface area contributed by atoms with Crippen molar-refractivity contribution in [1.29, 1.82) is 0 Å². The molecule has 7 heteroatoms. The Balaban J connectivity index is 1.29. The van der Waals surface area contributed by atoms with E-state index >= 15 is 0 Å². The van der Waals surface area contributed by atoms with Crippen molar-refractivity contribution < 1.29 is 24.1 Å². The lowest BCUT2D eigenvalue weighted by Gasteiger charge is -2.53. The highest BCUT2D eigenvalue weighted by molar-refractivity contribution is 5.87. The summed E-state index contributed by atoms with van der Waals surface area (Å²) in [6.07, 6.45) is 2.30. The highest BCUT2D eigenvalue weighted by atomic mass is 16.5. The number of hydrogen-bond donors (Lipinski definition) is 1. The second kappa shape index (κ2) is 10.0. The number of likely N-dealkylation sites (N-methyl/N-ethyl adjacent to an activating group) is 1. The van der Waals surface area contributed by atoms with Crippen LogP contribution in [-0.2, 0) is 11.3 Å². The second-order valence-corrected chi connectivity index (χ2v) is 11.3. The molecule has 4 atom stereocenters. The number of hydrogen-bond acceptors (Lipinski definition) is 6. The van der Waals surface area contributed by atoms with Crippen molar-refractivity contribution >= 4 is 5.97 Å². The Kier molecular flexibility index (Phi) is 6.99. The van der Waals surface area contributed by atoms with Crippen molar-refractivity contribution in [2.45, 2.75) is 51.0 Å². The predicted molar refractivity (Wildman–Crippen MR) is 138 cm³/mol. The fourth-order valence-corrected chi connectivity index (χ4v) is 5.97. The topological polar surface area (TPSA) is 71.5 Å². The number of likely N-dealkylation sites (tertiary alicyclic amines) is 1. The molecular formula is C29H38N2O5. The first-order valence-electron chi connectivity index (χ1n) is 13.0. The zero-order valence-corrected chi connectivity index (χ0v) is 21.8. The maximum absolute atomic E-state index is 11.2. The number of aromatic carboxylic acids is 1. The van der Waals surface area contributed by atoms with Gasteiger partial charge in [0.1, 0.15) is 12.2 Å². The van der Waals surface area contributed by atoms with Crippen LogP contribution in [0.5, 0.6) is 11.5 Å². The average molecular weight is 495 g/mol. The summed E-state index contributed by atoms with van der Waals surface area (Å²) in [5.74, 6) is 1.46. The van der Waals surface area contributed by atoms with Crippen molar-refractivity contribution in [2.24, 2.45) is 11.8 Å². The van der Waals surface area contributed by atoms with Gasteiger partial charge in [-0.1, -0.05) is 24.3 Å². The van der Waals surface area contributed by atoms with Gasteiger partial charge in [-0.25, -0.2) is 4.79 Å². The van der Waals surface area contributed by atoms with Gasteiger partial charge in [0.2, 0.25) is 0 Å². The molecule has 2 aromatic rings. The molecule has 3 heterocycles.